The van der Waals surface area contributed by atoms with Crippen molar-refractivity contribution >= 4 is 83.9 Å². The summed E-state index contributed by atoms with van der Waals surface area (Å²) in [6.45, 7) is 12.6. The number of carbonyl (C=O) groups is 3. The third-order valence-corrected chi connectivity index (χ3v) is 11.1. The van der Waals surface area contributed by atoms with E-state index in [1.54, 1.807) is 26.8 Å². The van der Waals surface area contributed by atoms with Gasteiger partial charge >= 0.3 is 18.2 Å². The fraction of sp³-hybridized carbons (Fsp3) is 0.472. The Hall–Kier alpha value is -5.11. The predicted octanol–water partition coefficient (Wildman–Crippen LogP) is 7.96. The van der Waals surface area contributed by atoms with Crippen LogP contribution in [0.25, 0.3) is 0 Å². The lowest BCUT2D eigenvalue weighted by Crippen LogP contribution is -2.48. The molecule has 1 aliphatic rings. The first-order valence-electron chi connectivity index (χ1n) is 17.8. The number of nitro groups is 1. The number of amides is 4. The molecule has 1 aromatic heterocycles. The molecule has 310 valence electrons. The van der Waals surface area contributed by atoms with E-state index in [0.717, 1.165) is 22.2 Å². The van der Waals surface area contributed by atoms with E-state index in [-0.39, 0.29) is 64.4 Å². The minimum atomic E-state index is -1.52. The van der Waals surface area contributed by atoms with Gasteiger partial charge in [0.15, 0.2) is 0 Å². The summed E-state index contributed by atoms with van der Waals surface area (Å²) in [7, 11) is 2.71. The van der Waals surface area contributed by atoms with Gasteiger partial charge in [0.05, 0.1) is 24.8 Å². The first-order chi connectivity index (χ1) is 26.7. The van der Waals surface area contributed by atoms with E-state index in [1.807, 2.05) is 4.90 Å². The molecule has 21 heteroatoms. The maximum atomic E-state index is 14.5. The normalized spacial score (nSPS) is 13.2. The first-order valence-corrected chi connectivity index (χ1v) is 22.2. The second-order valence-corrected chi connectivity index (χ2v) is 21.5. The number of methoxy groups -OCH3 is 2. The van der Waals surface area contributed by atoms with Crippen molar-refractivity contribution in [1.82, 2.24) is 14.9 Å². The van der Waals surface area contributed by atoms with Gasteiger partial charge in [-0.25, -0.2) is 29.3 Å². The van der Waals surface area contributed by atoms with Gasteiger partial charge in [0.1, 0.15) is 57.5 Å². The lowest BCUT2D eigenvalue weighted by atomic mass is 10.2. The van der Waals surface area contributed by atoms with Crippen LogP contribution < -0.4 is 29.1 Å². The standard InChI is InChI=1S/C36H48Cl2N8O10Si/c1-36(2,3)56-35(50)45(24-11-10-23(18-25(24)46(51)52)42-12-14-43(15-13-42)34(48)49)29-20-28(39-21-40-29)41(4)33(47)44(22-55-16-17-57(7,8)9)32-30(37)26(53-5)19-27(54-6)31(32)38/h10-11,18-21H,12-17,22H2,1-9H3,(H,48,49). The van der Waals surface area contributed by atoms with Crippen LogP contribution >= 0.6 is 23.2 Å². The molecule has 18 nitrogen and oxygen atoms in total. The summed E-state index contributed by atoms with van der Waals surface area (Å²) in [4.78, 5) is 66.7. The van der Waals surface area contributed by atoms with Crippen LogP contribution in [0, 0.1) is 10.1 Å². The van der Waals surface area contributed by atoms with Gasteiger partial charge in [-0.2, -0.15) is 0 Å². The lowest BCUT2D eigenvalue weighted by molar-refractivity contribution is -0.384. The first kappa shape index (κ1) is 44.6. The second kappa shape index (κ2) is 18.4. The van der Waals surface area contributed by atoms with Crippen LogP contribution in [0.5, 0.6) is 11.5 Å². The summed E-state index contributed by atoms with van der Waals surface area (Å²) >= 11 is 13.5. The number of nitrogens with zero attached hydrogens (tertiary/aromatic N) is 8. The van der Waals surface area contributed by atoms with E-state index < -0.39 is 42.5 Å². The summed E-state index contributed by atoms with van der Waals surface area (Å²) in [6.07, 6.45) is -0.948. The summed E-state index contributed by atoms with van der Waals surface area (Å²) in [6, 6.07) is 7.15. The van der Waals surface area contributed by atoms with E-state index >= 15 is 0 Å². The molecule has 0 aliphatic carbocycles. The van der Waals surface area contributed by atoms with Crippen molar-refractivity contribution in [2.75, 3.05) is 80.4 Å². The SMILES string of the molecule is COc1cc(OC)c(Cl)c(N(COCC[Si](C)(C)C)C(=O)N(C)c2cc(N(C(=O)OC(C)(C)C)c3ccc(N4CCN(C(=O)O)CC4)cc3[N+](=O)[O-])ncn2)c1Cl. The zero-order valence-electron chi connectivity index (χ0n) is 33.4. The Morgan fingerprint density at radius 2 is 1.56 bits per heavy atom. The number of nitro benzene ring substituents is 1. The molecule has 2 heterocycles. The maximum absolute atomic E-state index is 14.5. The molecule has 57 heavy (non-hydrogen) atoms. The molecule has 4 rings (SSSR count). The summed E-state index contributed by atoms with van der Waals surface area (Å²) < 4.78 is 22.6. The summed E-state index contributed by atoms with van der Waals surface area (Å²) in [5.41, 5.74) is -1.17. The van der Waals surface area contributed by atoms with Crippen LogP contribution in [-0.2, 0) is 9.47 Å². The van der Waals surface area contributed by atoms with Crippen molar-refractivity contribution in [2.45, 2.75) is 52.1 Å². The third-order valence-electron chi connectivity index (χ3n) is 8.65. The van der Waals surface area contributed by atoms with E-state index in [2.05, 4.69) is 29.6 Å². The van der Waals surface area contributed by atoms with Crippen molar-refractivity contribution in [3.63, 3.8) is 0 Å². The number of hydrogen-bond acceptors (Lipinski definition) is 12. The number of carbonyl (C=O) groups excluding carboxylic acids is 2. The van der Waals surface area contributed by atoms with E-state index in [0.29, 0.717) is 25.4 Å². The fourth-order valence-corrected chi connectivity index (χ4v) is 7.07. The van der Waals surface area contributed by atoms with Crippen LogP contribution in [0.2, 0.25) is 35.7 Å². The highest BCUT2D eigenvalue weighted by molar-refractivity contribution is 6.76. The number of piperazine rings is 1. The number of urea groups is 1. The smallest absolute Gasteiger partial charge is 0.420 e. The van der Waals surface area contributed by atoms with E-state index in [9.17, 15) is 29.6 Å². The second-order valence-electron chi connectivity index (χ2n) is 15.1. The van der Waals surface area contributed by atoms with Crippen LogP contribution in [-0.4, -0.2) is 118 Å². The Bertz CT molecular complexity index is 1940. The molecule has 1 N–H and O–H groups in total. The van der Waals surface area contributed by atoms with Crippen LogP contribution in [0.3, 0.4) is 0 Å². The molecule has 1 fully saturated rings. The molecule has 0 saturated carbocycles. The quantitative estimate of drug-likeness (QED) is 0.0573. The van der Waals surface area contributed by atoms with Crippen LogP contribution in [0.4, 0.5) is 48.8 Å². The highest BCUT2D eigenvalue weighted by Crippen LogP contribution is 2.46. The zero-order valence-corrected chi connectivity index (χ0v) is 35.9. The molecule has 3 aromatic rings. The molecule has 1 aliphatic heterocycles. The van der Waals surface area contributed by atoms with Gasteiger partial charge in [0.2, 0.25) is 0 Å². The van der Waals surface area contributed by atoms with Crippen molar-refractivity contribution < 1.29 is 43.4 Å². The minimum absolute atomic E-state index is 0.0119. The predicted molar refractivity (Wildman–Crippen MR) is 220 cm³/mol. The van der Waals surface area contributed by atoms with Crippen molar-refractivity contribution in [2.24, 2.45) is 0 Å². The molecule has 0 spiro atoms. The number of hydrogen-bond donors (Lipinski definition) is 1. The Labute approximate surface area is 341 Å². The Morgan fingerprint density at radius 3 is 2.09 bits per heavy atom. The molecule has 2 aromatic carbocycles. The van der Waals surface area contributed by atoms with Gasteiger partial charge in [-0.05, 0) is 38.9 Å². The number of halogens is 2. The van der Waals surface area contributed by atoms with Crippen LogP contribution in [0.1, 0.15) is 20.8 Å². The Balaban J connectivity index is 1.79. The topological polar surface area (TPSA) is 193 Å². The molecule has 4 amide bonds. The lowest BCUT2D eigenvalue weighted by Gasteiger charge is -2.34. The van der Waals surface area contributed by atoms with Crippen molar-refractivity contribution in [1.29, 1.82) is 0 Å². The number of carboxylic acid groups (broad SMARTS) is 1. The highest BCUT2D eigenvalue weighted by Gasteiger charge is 2.34. The zero-order chi connectivity index (χ0) is 42.4. The molecular formula is C36H48Cl2N8O10Si. The molecule has 0 unspecified atom stereocenters. The van der Waals surface area contributed by atoms with Gasteiger partial charge in [-0.15, -0.1) is 0 Å². The number of benzene rings is 2. The highest BCUT2D eigenvalue weighted by atomic mass is 35.5. The molecule has 1 saturated heterocycles. The summed E-state index contributed by atoms with van der Waals surface area (Å²) in [5, 5.41) is 22.0. The Kier molecular flexibility index (Phi) is 14.4. The number of ether oxygens (including phenoxy) is 4. The molecule has 0 bridgehead atoms. The van der Waals surface area contributed by atoms with Gasteiger partial charge in [-0.1, -0.05) is 42.8 Å². The third kappa shape index (κ3) is 11.1. The molecular weight excluding hydrogens is 803 g/mol. The molecule has 0 atom stereocenters. The van der Waals surface area contributed by atoms with Gasteiger partial charge < -0.3 is 33.9 Å². The average Bonchev–Trinajstić information content (AvgIpc) is 3.14. The maximum Gasteiger partial charge on any atom is 0.420 e. The van der Waals surface area contributed by atoms with Crippen LogP contribution in [0.15, 0.2) is 36.7 Å². The largest absolute Gasteiger partial charge is 0.495 e. The van der Waals surface area contributed by atoms with Gasteiger partial charge in [-0.3, -0.25) is 19.9 Å². The number of anilines is 5. The van der Waals surface area contributed by atoms with Gasteiger partial charge in [0, 0.05) is 71.8 Å². The van der Waals surface area contributed by atoms with Gasteiger partial charge in [0.25, 0.3) is 5.69 Å². The monoisotopic (exact) mass is 850 g/mol. The fourth-order valence-electron chi connectivity index (χ4n) is 5.60. The number of aromatic nitrogens is 2. The molecule has 0 radical (unpaired) electrons. The average molecular weight is 852 g/mol. The van der Waals surface area contributed by atoms with Crippen molar-refractivity contribution in [3.05, 3.63) is 56.8 Å². The Morgan fingerprint density at radius 1 is 0.965 bits per heavy atom. The minimum Gasteiger partial charge on any atom is -0.495 e. The van der Waals surface area contributed by atoms with Crippen molar-refractivity contribution in [3.8, 4) is 11.5 Å². The summed E-state index contributed by atoms with van der Waals surface area (Å²) in [5.74, 6) is 0.186. The van der Waals surface area contributed by atoms with E-state index in [1.165, 1.54) is 55.3 Å². The van der Waals surface area contributed by atoms with E-state index in [4.69, 9.17) is 42.1 Å². The number of rotatable bonds is 13.